The summed E-state index contributed by atoms with van der Waals surface area (Å²) in [6, 6.07) is 14.6. The van der Waals surface area contributed by atoms with Crippen LogP contribution in [0.25, 0.3) is 0 Å². The van der Waals surface area contributed by atoms with Crippen LogP contribution in [-0.4, -0.2) is 54.8 Å². The number of amides is 1. The molecular formula is C31H38N4O4. The first-order valence-electron chi connectivity index (χ1n) is 13.4. The highest BCUT2D eigenvalue weighted by molar-refractivity contribution is 5.99. The average Bonchev–Trinajstić information content (AvgIpc) is 2.92. The third-order valence-electron chi connectivity index (χ3n) is 7.40. The third-order valence-corrected chi connectivity index (χ3v) is 7.40. The van der Waals surface area contributed by atoms with Gasteiger partial charge in [0.25, 0.3) is 5.91 Å². The van der Waals surface area contributed by atoms with Gasteiger partial charge in [-0.05, 0) is 74.4 Å². The van der Waals surface area contributed by atoms with E-state index < -0.39 is 12.0 Å². The molecule has 0 radical (unpaired) electrons. The highest BCUT2D eigenvalue weighted by atomic mass is 16.5. The largest absolute Gasteiger partial charge is 0.497 e. The molecule has 3 N–H and O–H groups in total. The Morgan fingerprint density at radius 2 is 1.72 bits per heavy atom. The zero-order valence-corrected chi connectivity index (χ0v) is 23.2. The summed E-state index contributed by atoms with van der Waals surface area (Å²) in [5, 5.41) is 16.0. The van der Waals surface area contributed by atoms with Crippen LogP contribution in [0.3, 0.4) is 0 Å². The van der Waals surface area contributed by atoms with E-state index in [-0.39, 0.29) is 12.3 Å². The molecule has 206 valence electrons. The molecule has 1 unspecified atom stereocenters. The Bertz CT molecular complexity index is 1280. The van der Waals surface area contributed by atoms with E-state index in [1.807, 2.05) is 69.3 Å². The normalized spacial score (nSPS) is 14.5. The number of aryl methyl sites for hydroxylation is 3. The molecule has 8 heteroatoms. The SMILES string of the molecule is COc1ccnc(NCC2CCN(c3ccc(CC(NC(=O)c4c(C)cc(C)cc4C)C(=O)O)cc3)CC2)c1. The van der Waals surface area contributed by atoms with Crippen LogP contribution in [-0.2, 0) is 11.2 Å². The van der Waals surface area contributed by atoms with E-state index in [0.717, 1.165) is 72.0 Å². The van der Waals surface area contributed by atoms with Crippen molar-refractivity contribution in [2.45, 2.75) is 46.1 Å². The molecule has 8 nitrogen and oxygen atoms in total. The lowest BCUT2D eigenvalue weighted by Gasteiger charge is -2.34. The van der Waals surface area contributed by atoms with E-state index in [4.69, 9.17) is 4.74 Å². The van der Waals surface area contributed by atoms with Crippen molar-refractivity contribution in [3.05, 3.63) is 82.5 Å². The number of carbonyl (C=O) groups excluding carboxylic acids is 1. The van der Waals surface area contributed by atoms with Crippen molar-refractivity contribution >= 4 is 23.4 Å². The number of rotatable bonds is 10. The molecule has 0 spiro atoms. The van der Waals surface area contributed by atoms with Crippen molar-refractivity contribution in [2.24, 2.45) is 5.92 Å². The zero-order valence-electron chi connectivity index (χ0n) is 23.2. The molecule has 0 aliphatic carbocycles. The maximum atomic E-state index is 13.0. The van der Waals surface area contributed by atoms with Crippen LogP contribution in [0.5, 0.6) is 5.75 Å². The third kappa shape index (κ3) is 7.28. The van der Waals surface area contributed by atoms with Crippen LogP contribution < -0.4 is 20.3 Å². The van der Waals surface area contributed by atoms with Crippen molar-refractivity contribution in [3.8, 4) is 5.75 Å². The van der Waals surface area contributed by atoms with Gasteiger partial charge in [0.2, 0.25) is 0 Å². The lowest BCUT2D eigenvalue weighted by Crippen LogP contribution is -2.42. The van der Waals surface area contributed by atoms with Crippen molar-refractivity contribution in [1.29, 1.82) is 0 Å². The second-order valence-corrected chi connectivity index (χ2v) is 10.4. The number of pyridine rings is 1. The number of hydrogen-bond donors (Lipinski definition) is 3. The van der Waals surface area contributed by atoms with E-state index in [0.29, 0.717) is 11.5 Å². The second-order valence-electron chi connectivity index (χ2n) is 10.4. The molecular weight excluding hydrogens is 492 g/mol. The summed E-state index contributed by atoms with van der Waals surface area (Å²) in [4.78, 5) is 31.6. The molecule has 0 saturated carbocycles. The minimum absolute atomic E-state index is 0.220. The van der Waals surface area contributed by atoms with Gasteiger partial charge in [-0.2, -0.15) is 0 Å². The van der Waals surface area contributed by atoms with Crippen LogP contribution in [0.2, 0.25) is 0 Å². The molecule has 0 bridgehead atoms. The molecule has 1 aliphatic heterocycles. The number of benzene rings is 2. The molecule has 1 amide bonds. The number of methoxy groups -OCH3 is 1. The van der Waals surface area contributed by atoms with E-state index in [9.17, 15) is 14.7 Å². The minimum Gasteiger partial charge on any atom is -0.497 e. The van der Waals surface area contributed by atoms with Gasteiger partial charge in [0.15, 0.2) is 0 Å². The summed E-state index contributed by atoms with van der Waals surface area (Å²) in [6.45, 7) is 8.52. The first-order chi connectivity index (χ1) is 18.7. The fourth-order valence-corrected chi connectivity index (χ4v) is 5.33. The Balaban J connectivity index is 1.30. The fraction of sp³-hybridized carbons (Fsp3) is 0.387. The molecule has 1 saturated heterocycles. The number of hydrogen-bond acceptors (Lipinski definition) is 6. The Labute approximate surface area is 230 Å². The number of carbonyl (C=O) groups is 2. The number of nitrogens with zero attached hydrogens (tertiary/aromatic N) is 2. The molecule has 1 aromatic heterocycles. The summed E-state index contributed by atoms with van der Waals surface area (Å²) in [5.41, 5.74) is 5.29. The summed E-state index contributed by atoms with van der Waals surface area (Å²) < 4.78 is 5.26. The van der Waals surface area contributed by atoms with Gasteiger partial charge in [-0.1, -0.05) is 29.8 Å². The van der Waals surface area contributed by atoms with E-state index in [1.54, 1.807) is 13.3 Å². The van der Waals surface area contributed by atoms with Crippen LogP contribution in [0.15, 0.2) is 54.7 Å². The number of aromatic nitrogens is 1. The van der Waals surface area contributed by atoms with Gasteiger partial charge in [-0.25, -0.2) is 9.78 Å². The highest BCUT2D eigenvalue weighted by Gasteiger charge is 2.24. The van der Waals surface area contributed by atoms with Gasteiger partial charge >= 0.3 is 5.97 Å². The number of carboxylic acid groups (broad SMARTS) is 1. The zero-order chi connectivity index (χ0) is 27.9. The molecule has 39 heavy (non-hydrogen) atoms. The number of ether oxygens (including phenoxy) is 1. The molecule has 1 atom stereocenters. The summed E-state index contributed by atoms with van der Waals surface area (Å²) in [6.07, 6.45) is 4.11. The van der Waals surface area contributed by atoms with Gasteiger partial charge in [-0.15, -0.1) is 0 Å². The average molecular weight is 531 g/mol. The number of anilines is 2. The van der Waals surface area contributed by atoms with Gasteiger partial charge in [0.05, 0.1) is 7.11 Å². The van der Waals surface area contributed by atoms with Crippen molar-refractivity contribution in [2.75, 3.05) is 37.0 Å². The van der Waals surface area contributed by atoms with E-state index in [2.05, 4.69) is 20.5 Å². The molecule has 3 aromatic rings. The van der Waals surface area contributed by atoms with Gasteiger partial charge in [-0.3, -0.25) is 4.79 Å². The first kappa shape index (κ1) is 28.0. The minimum atomic E-state index is -1.05. The number of nitrogens with one attached hydrogen (secondary N) is 2. The maximum Gasteiger partial charge on any atom is 0.326 e. The first-order valence-corrected chi connectivity index (χ1v) is 13.4. The van der Waals surface area contributed by atoms with Gasteiger partial charge in [0.1, 0.15) is 17.6 Å². The molecule has 1 aliphatic rings. The topological polar surface area (TPSA) is 104 Å². The lowest BCUT2D eigenvalue weighted by molar-refractivity contribution is -0.139. The van der Waals surface area contributed by atoms with Crippen molar-refractivity contribution in [3.63, 3.8) is 0 Å². The second kappa shape index (κ2) is 12.7. The Hall–Kier alpha value is -4.07. The van der Waals surface area contributed by atoms with Crippen molar-refractivity contribution in [1.82, 2.24) is 10.3 Å². The lowest BCUT2D eigenvalue weighted by atomic mass is 9.96. The summed E-state index contributed by atoms with van der Waals surface area (Å²) in [5.74, 6) is 0.782. The van der Waals surface area contributed by atoms with E-state index >= 15 is 0 Å². The molecule has 1 fully saturated rings. The van der Waals surface area contributed by atoms with Gasteiger partial charge < -0.3 is 25.4 Å². The van der Waals surface area contributed by atoms with Gasteiger partial charge in [0, 0.05) is 49.6 Å². The fourth-order valence-electron chi connectivity index (χ4n) is 5.33. The molecule has 4 rings (SSSR count). The quantitative estimate of drug-likeness (QED) is 0.347. The van der Waals surface area contributed by atoms with Crippen LogP contribution in [0, 0.1) is 26.7 Å². The number of piperidine rings is 1. The molecule has 2 heterocycles. The standard InChI is InChI=1S/C31H38N4O4/c1-20-15-21(2)29(22(3)16-20)30(36)34-27(31(37)38)17-23-5-7-25(8-6-23)35-13-10-24(11-14-35)19-33-28-18-26(39-4)9-12-32-28/h5-9,12,15-16,18,24,27H,10-11,13-14,17,19H2,1-4H3,(H,32,33)(H,34,36)(H,37,38). The number of carboxylic acids is 1. The van der Waals surface area contributed by atoms with Crippen molar-refractivity contribution < 1.29 is 19.4 Å². The molecule has 2 aromatic carbocycles. The van der Waals surface area contributed by atoms with Crippen LogP contribution in [0.4, 0.5) is 11.5 Å². The summed E-state index contributed by atoms with van der Waals surface area (Å²) >= 11 is 0. The smallest absolute Gasteiger partial charge is 0.326 e. The summed E-state index contributed by atoms with van der Waals surface area (Å²) in [7, 11) is 1.65. The predicted molar refractivity (Wildman–Crippen MR) is 154 cm³/mol. The Morgan fingerprint density at radius 1 is 1.05 bits per heavy atom. The predicted octanol–water partition coefficient (Wildman–Crippen LogP) is 4.77. The Kier molecular flexibility index (Phi) is 9.07. The number of aliphatic carboxylic acids is 1. The van der Waals surface area contributed by atoms with Crippen LogP contribution in [0.1, 0.15) is 45.5 Å². The highest BCUT2D eigenvalue weighted by Crippen LogP contribution is 2.25. The van der Waals surface area contributed by atoms with E-state index in [1.165, 1.54) is 0 Å². The Morgan fingerprint density at radius 3 is 2.33 bits per heavy atom. The maximum absolute atomic E-state index is 13.0. The monoisotopic (exact) mass is 530 g/mol. The van der Waals surface area contributed by atoms with Crippen LogP contribution >= 0.6 is 0 Å².